The molecule has 1 heterocycles. The van der Waals surface area contributed by atoms with Crippen molar-refractivity contribution in [3.05, 3.63) is 102 Å². The Balaban J connectivity index is 1.22. The summed E-state index contributed by atoms with van der Waals surface area (Å²) in [5.74, 6) is -0.0767. The minimum atomic E-state index is -5.79. The van der Waals surface area contributed by atoms with Gasteiger partial charge in [-0.25, -0.2) is 17.2 Å². The third kappa shape index (κ3) is 14.7. The topological polar surface area (TPSA) is 105 Å². The molecule has 0 radical (unpaired) electrons. The van der Waals surface area contributed by atoms with Crippen molar-refractivity contribution < 1.29 is 40.3 Å². The van der Waals surface area contributed by atoms with E-state index in [1.807, 2.05) is 54.3 Å². The van der Waals surface area contributed by atoms with Crippen molar-refractivity contribution in [2.24, 2.45) is 5.41 Å². The molecule has 3 N–H and O–H groups in total. The van der Waals surface area contributed by atoms with E-state index in [0.717, 1.165) is 91.7 Å². The van der Waals surface area contributed by atoms with Gasteiger partial charge < -0.3 is 20.2 Å². The third-order valence-corrected chi connectivity index (χ3v) is 15.1. The Morgan fingerprint density at radius 3 is 2.30 bits per heavy atom. The van der Waals surface area contributed by atoms with Gasteiger partial charge in [-0.3, -0.25) is 14.4 Å². The summed E-state index contributed by atoms with van der Waals surface area (Å²) in [6.45, 7) is 16.0. The molecule has 3 aromatic carbocycles. The van der Waals surface area contributed by atoms with Crippen molar-refractivity contribution >= 4 is 50.8 Å². The molecule has 3 aromatic rings. The number of piperazine rings is 1. The van der Waals surface area contributed by atoms with Gasteiger partial charge in [-0.05, 0) is 116 Å². The Morgan fingerprint density at radius 2 is 1.67 bits per heavy atom. The lowest BCUT2D eigenvalue weighted by Crippen LogP contribution is -2.47. The minimum absolute atomic E-state index is 0.0486. The first kappa shape index (κ1) is 50.4. The van der Waals surface area contributed by atoms with E-state index >= 15 is 0 Å². The lowest BCUT2D eigenvalue weighted by molar-refractivity contribution is -0.0435. The maximum Gasteiger partial charge on any atom is 0.501 e. The van der Waals surface area contributed by atoms with Crippen LogP contribution in [-0.2, 0) is 9.84 Å². The predicted molar refractivity (Wildman–Crippen MR) is 246 cm³/mol. The normalized spacial score (nSPS) is 16.7. The number of carbonyl (C=O) groups excluding carboxylic acids is 1. The zero-order chi connectivity index (χ0) is 45.8. The number of carbonyl (C=O) groups is 1. The Kier molecular flexibility index (Phi) is 18.4. The largest absolute Gasteiger partial charge is 0.501 e. The quantitative estimate of drug-likeness (QED) is 0.0513. The van der Waals surface area contributed by atoms with Gasteiger partial charge in [0.05, 0.1) is 12.3 Å². The Bertz CT molecular complexity index is 2110. The number of benzene rings is 3. The van der Waals surface area contributed by atoms with Crippen LogP contribution in [0.15, 0.2) is 111 Å². The number of halogens is 5. The number of hydrogen-bond acceptors (Lipinski definition) is 10. The highest BCUT2D eigenvalue weighted by Crippen LogP contribution is 2.43. The first-order chi connectivity index (χ1) is 29.9. The number of rotatable bonds is 22. The van der Waals surface area contributed by atoms with Crippen LogP contribution in [0, 0.1) is 5.41 Å². The molecule has 1 fully saturated rings. The van der Waals surface area contributed by atoms with Crippen LogP contribution in [0.2, 0.25) is 0 Å². The number of sulfone groups is 1. The van der Waals surface area contributed by atoms with E-state index in [0.29, 0.717) is 43.8 Å². The van der Waals surface area contributed by atoms with Gasteiger partial charge in [0, 0.05) is 85.1 Å². The molecule has 346 valence electrons. The van der Waals surface area contributed by atoms with Crippen LogP contribution < -0.4 is 14.9 Å². The third-order valence-electron chi connectivity index (χ3n) is 11.6. The lowest BCUT2D eigenvalue weighted by atomic mass is 9.72. The number of likely N-dealkylation sites (N-methyl/N-ethyl adjacent to an activating group) is 1. The van der Waals surface area contributed by atoms with E-state index < -0.39 is 38.6 Å². The number of anilines is 2. The van der Waals surface area contributed by atoms with Crippen LogP contribution >= 0.6 is 23.7 Å². The maximum atomic E-state index is 14.1. The predicted octanol–water partition coefficient (Wildman–Crippen LogP) is 9.92. The molecule has 1 aliphatic carbocycles. The Hall–Kier alpha value is -3.61. The average Bonchev–Trinajstić information content (AvgIpc) is 3.26. The molecule has 0 saturated carbocycles. The number of nitrogens with one attached hydrogen (secondary N) is 2. The molecular weight excluding hydrogens is 878 g/mol. The van der Waals surface area contributed by atoms with Crippen molar-refractivity contribution in [1.82, 2.24) is 14.5 Å². The zero-order valence-corrected chi connectivity index (χ0v) is 38.7. The van der Waals surface area contributed by atoms with Crippen LogP contribution in [0.1, 0.15) is 69.7 Å². The van der Waals surface area contributed by atoms with Gasteiger partial charge in [0.2, 0.25) is 6.43 Å². The molecule has 5 rings (SSSR count). The van der Waals surface area contributed by atoms with Crippen LogP contribution in [0.3, 0.4) is 0 Å². The number of nitrogens with zero attached hydrogens (tertiary/aromatic N) is 3. The first-order valence-corrected chi connectivity index (χ1v) is 24.6. The second kappa shape index (κ2) is 23.0. The Morgan fingerprint density at radius 1 is 0.968 bits per heavy atom. The number of thioether (sulfide) groups is 1. The second-order valence-corrected chi connectivity index (χ2v) is 20.7. The van der Waals surface area contributed by atoms with E-state index in [1.54, 1.807) is 12.1 Å². The van der Waals surface area contributed by atoms with Gasteiger partial charge in [0.15, 0.2) is 0 Å². The summed E-state index contributed by atoms with van der Waals surface area (Å²) in [4.78, 5) is 20.0. The van der Waals surface area contributed by atoms with Crippen molar-refractivity contribution in [1.29, 1.82) is 0 Å². The zero-order valence-electron chi connectivity index (χ0n) is 36.2. The minimum Gasteiger partial charge on any atom is -0.395 e. The molecule has 1 atom stereocenters. The molecule has 0 spiro atoms. The van der Waals surface area contributed by atoms with Crippen LogP contribution in [0.25, 0.3) is 0 Å². The summed E-state index contributed by atoms with van der Waals surface area (Å²) in [6.07, 6.45) is 1.04. The van der Waals surface area contributed by atoms with Gasteiger partial charge in [0.1, 0.15) is 4.90 Å². The summed E-state index contributed by atoms with van der Waals surface area (Å²) >= 11 is 2.21. The highest BCUT2D eigenvalue weighted by atomic mass is 32.2. The summed E-state index contributed by atoms with van der Waals surface area (Å²) in [5.41, 5.74) is -1.13. The Labute approximate surface area is 378 Å². The number of hydrogen-bond donors (Lipinski definition) is 3. The molecular formula is C46H60F5N5O4S3. The summed E-state index contributed by atoms with van der Waals surface area (Å²) in [5, 5.41) is 12.5. The molecule has 0 aromatic heterocycles. The van der Waals surface area contributed by atoms with Gasteiger partial charge in [-0.2, -0.15) is 13.2 Å². The molecule has 9 nitrogen and oxygen atoms in total. The highest BCUT2D eigenvalue weighted by molar-refractivity contribution is 7.99. The fourth-order valence-electron chi connectivity index (χ4n) is 7.81. The van der Waals surface area contributed by atoms with Gasteiger partial charge >= 0.3 is 5.51 Å². The molecule has 17 heteroatoms. The van der Waals surface area contributed by atoms with Crippen molar-refractivity contribution in [3.63, 3.8) is 0 Å². The number of aliphatic hydroxyl groups is 1. The second-order valence-electron chi connectivity index (χ2n) is 16.8. The van der Waals surface area contributed by atoms with Crippen LogP contribution in [0.4, 0.5) is 33.3 Å². The van der Waals surface area contributed by atoms with E-state index in [1.165, 1.54) is 29.5 Å². The number of allylic oxidation sites excluding steroid dienone is 2. The van der Waals surface area contributed by atoms with Crippen LogP contribution in [0.5, 0.6) is 0 Å². The van der Waals surface area contributed by atoms with Crippen molar-refractivity contribution in [3.8, 4) is 0 Å². The molecule has 2 aliphatic rings. The van der Waals surface area contributed by atoms with E-state index in [2.05, 4.69) is 40.3 Å². The van der Waals surface area contributed by atoms with E-state index in [4.69, 9.17) is 0 Å². The standard InChI is InChI=1S/C46H60F5N5O4S3/c1-5-54(27-28-57)22-20-36(32-61-38-9-7-6-8-10-38)52-41-17-16-39(29-42(41)63(59,60)46(49,50)51)62-53-44(58)34-12-14-37(15-13-34)56-25-23-55(24-26-56)31-35-19-21-45(3,4)30-40(35)33(2)11-18-43(47)48/h6-10,12-17,29,36,43,52,57H,2,5,11,18-28,30-32H2,1,3-4H3,(H,53,58). The van der Waals surface area contributed by atoms with Gasteiger partial charge in [-0.15, -0.1) is 11.8 Å². The van der Waals surface area contributed by atoms with E-state index in [9.17, 15) is 40.3 Å². The fourth-order valence-corrected chi connectivity index (χ4v) is 10.5. The molecule has 0 bridgehead atoms. The number of amides is 1. The molecule has 1 amide bonds. The number of aliphatic hydroxyl groups excluding tert-OH is 1. The maximum absolute atomic E-state index is 14.1. The number of alkyl halides is 5. The summed E-state index contributed by atoms with van der Waals surface area (Å²) in [6, 6.07) is 19.8. The van der Waals surface area contributed by atoms with Crippen molar-refractivity contribution in [2.75, 3.05) is 74.9 Å². The van der Waals surface area contributed by atoms with Crippen LogP contribution in [-0.4, -0.2) is 112 Å². The molecule has 1 saturated heterocycles. The smallest absolute Gasteiger partial charge is 0.395 e. The first-order valence-electron chi connectivity index (χ1n) is 21.3. The fraction of sp³-hybridized carbons (Fsp3) is 0.500. The van der Waals surface area contributed by atoms with Crippen molar-refractivity contribution in [2.45, 2.75) is 92.0 Å². The lowest BCUT2D eigenvalue weighted by Gasteiger charge is -2.39. The summed E-state index contributed by atoms with van der Waals surface area (Å²) in [7, 11) is -5.79. The molecule has 1 unspecified atom stereocenters. The van der Waals surface area contributed by atoms with Gasteiger partial charge in [0.25, 0.3) is 15.7 Å². The highest BCUT2D eigenvalue weighted by Gasteiger charge is 2.48. The average molecular weight is 938 g/mol. The molecule has 1 aliphatic heterocycles. The molecule has 63 heavy (non-hydrogen) atoms. The van der Waals surface area contributed by atoms with E-state index in [-0.39, 0.29) is 29.0 Å². The SMILES string of the molecule is C=C(CCC(F)F)C1=C(CN2CCN(c3ccc(C(=O)NSc4ccc(NC(CCN(CC)CCO)CSc5ccccc5)c(S(=O)(=O)C(F)(F)F)c4)cc3)CC2)CCC(C)(C)C1. The van der Waals surface area contributed by atoms with Gasteiger partial charge in [-0.1, -0.05) is 56.7 Å². The summed E-state index contributed by atoms with van der Waals surface area (Å²) < 4.78 is 96.9. The monoisotopic (exact) mass is 937 g/mol.